The van der Waals surface area contributed by atoms with Gasteiger partial charge in [0, 0.05) is 32.6 Å². The van der Waals surface area contributed by atoms with E-state index in [1.807, 2.05) is 59.5 Å². The highest BCUT2D eigenvalue weighted by Gasteiger charge is 2.24. The fourth-order valence-corrected chi connectivity index (χ4v) is 3.57. The molecular formula is C24H28N4O5. The van der Waals surface area contributed by atoms with Crippen molar-refractivity contribution in [2.75, 3.05) is 44.3 Å². The van der Waals surface area contributed by atoms with Gasteiger partial charge in [-0.2, -0.15) is 4.98 Å². The molecule has 33 heavy (non-hydrogen) atoms. The third kappa shape index (κ3) is 5.88. The molecule has 1 aliphatic heterocycles. The van der Waals surface area contributed by atoms with Gasteiger partial charge in [0.1, 0.15) is 6.61 Å². The third-order valence-electron chi connectivity index (χ3n) is 5.48. The lowest BCUT2D eigenvalue weighted by atomic mass is 10.2. The first-order valence-corrected chi connectivity index (χ1v) is 11.0. The van der Waals surface area contributed by atoms with Crippen LogP contribution in [0.5, 0.6) is 5.88 Å². The molecule has 0 radical (unpaired) electrons. The van der Waals surface area contributed by atoms with Crippen LogP contribution in [0.25, 0.3) is 10.9 Å². The lowest BCUT2D eigenvalue weighted by molar-refractivity contribution is 0.0750. The highest BCUT2D eigenvalue weighted by Crippen LogP contribution is 2.26. The second kappa shape index (κ2) is 10.9. The summed E-state index contributed by atoms with van der Waals surface area (Å²) in [6, 6.07) is 17.2. The summed E-state index contributed by atoms with van der Waals surface area (Å²) in [6.45, 7) is 2.31. The molecule has 1 aliphatic rings. The maximum absolute atomic E-state index is 12.4. The van der Waals surface area contributed by atoms with Crippen molar-refractivity contribution < 1.29 is 24.5 Å². The van der Waals surface area contributed by atoms with E-state index in [0.717, 1.165) is 16.5 Å². The third-order valence-corrected chi connectivity index (χ3v) is 5.48. The van der Waals surface area contributed by atoms with Crippen LogP contribution in [-0.4, -0.2) is 76.7 Å². The molecule has 0 aliphatic carbocycles. The first-order chi connectivity index (χ1) is 16.1. The number of para-hydroxylation sites is 1. The second-order valence-electron chi connectivity index (χ2n) is 7.83. The van der Waals surface area contributed by atoms with Crippen LogP contribution >= 0.6 is 0 Å². The van der Waals surface area contributed by atoms with Gasteiger partial charge in [0.25, 0.3) is 0 Å². The maximum atomic E-state index is 12.4. The molecule has 4 rings (SSSR count). The van der Waals surface area contributed by atoms with Crippen LogP contribution in [0.3, 0.4) is 0 Å². The molecular weight excluding hydrogens is 424 g/mol. The summed E-state index contributed by atoms with van der Waals surface area (Å²) < 4.78 is 11.3. The lowest BCUT2D eigenvalue weighted by Crippen LogP contribution is -2.49. The first kappa shape index (κ1) is 22.8. The fourth-order valence-electron chi connectivity index (χ4n) is 3.57. The molecule has 9 heteroatoms. The van der Waals surface area contributed by atoms with Gasteiger partial charge in [-0.25, -0.2) is 9.78 Å². The zero-order valence-electron chi connectivity index (χ0n) is 18.3. The van der Waals surface area contributed by atoms with Crippen molar-refractivity contribution >= 4 is 22.9 Å². The summed E-state index contributed by atoms with van der Waals surface area (Å²) >= 11 is 0. The molecule has 3 aromatic rings. The van der Waals surface area contributed by atoms with Gasteiger partial charge in [-0.15, -0.1) is 0 Å². The second-order valence-corrected chi connectivity index (χ2v) is 7.83. The van der Waals surface area contributed by atoms with Crippen LogP contribution in [0, 0.1) is 0 Å². The monoisotopic (exact) mass is 452 g/mol. The van der Waals surface area contributed by atoms with Crippen LogP contribution in [0.1, 0.15) is 12.0 Å². The van der Waals surface area contributed by atoms with Gasteiger partial charge in [0.2, 0.25) is 11.8 Å². The van der Waals surface area contributed by atoms with Gasteiger partial charge >= 0.3 is 6.09 Å². The number of hydrogen-bond donors (Lipinski definition) is 2. The number of aromatic nitrogens is 2. The van der Waals surface area contributed by atoms with Crippen LogP contribution in [0.15, 0.2) is 54.6 Å². The number of aliphatic hydroxyl groups excluding tert-OH is 2. The average molecular weight is 453 g/mol. The van der Waals surface area contributed by atoms with E-state index < -0.39 is 6.10 Å². The molecule has 1 amide bonds. The molecule has 9 nitrogen and oxygen atoms in total. The molecule has 0 bridgehead atoms. The van der Waals surface area contributed by atoms with Crippen molar-refractivity contribution in [2.45, 2.75) is 19.1 Å². The number of aliphatic hydroxyl groups is 2. The largest absolute Gasteiger partial charge is 0.477 e. The molecule has 0 spiro atoms. The highest BCUT2D eigenvalue weighted by atomic mass is 16.6. The number of carbonyl (C=O) groups is 1. The minimum Gasteiger partial charge on any atom is -0.477 e. The number of carbonyl (C=O) groups excluding carboxylic acids is 1. The SMILES string of the molecule is O=C(OCc1ccccc1)N1CCN(c2nc(OCC[C@@H](O)CO)c3ccccc3n2)CC1. The zero-order valence-corrected chi connectivity index (χ0v) is 18.3. The molecule has 1 saturated heterocycles. The molecule has 0 unspecified atom stereocenters. The Morgan fingerprint density at radius 1 is 1.00 bits per heavy atom. The van der Waals surface area contributed by atoms with Crippen molar-refractivity contribution in [1.82, 2.24) is 14.9 Å². The number of ether oxygens (including phenoxy) is 2. The molecule has 2 N–H and O–H groups in total. The summed E-state index contributed by atoms with van der Waals surface area (Å²) in [6.07, 6.45) is -0.856. The zero-order chi connectivity index (χ0) is 23.0. The van der Waals surface area contributed by atoms with Crippen LogP contribution in [-0.2, 0) is 11.3 Å². The van der Waals surface area contributed by atoms with Gasteiger partial charge in [-0.1, -0.05) is 42.5 Å². The Bertz CT molecular complexity index is 1060. The number of fused-ring (bicyclic) bond motifs is 1. The molecule has 1 atom stereocenters. The maximum Gasteiger partial charge on any atom is 0.410 e. The lowest BCUT2D eigenvalue weighted by Gasteiger charge is -2.34. The van der Waals surface area contributed by atoms with Crippen molar-refractivity contribution in [3.05, 3.63) is 60.2 Å². The van der Waals surface area contributed by atoms with E-state index >= 15 is 0 Å². The van der Waals surface area contributed by atoms with Crippen molar-refractivity contribution in [1.29, 1.82) is 0 Å². The Morgan fingerprint density at radius 3 is 2.48 bits per heavy atom. The van der Waals surface area contributed by atoms with E-state index in [0.29, 0.717) is 44.4 Å². The normalized spacial score (nSPS) is 14.8. The fraction of sp³-hybridized carbons (Fsp3) is 0.375. The highest BCUT2D eigenvalue weighted by molar-refractivity contribution is 5.84. The summed E-state index contributed by atoms with van der Waals surface area (Å²) in [5, 5.41) is 19.3. The predicted octanol–water partition coefficient (Wildman–Crippen LogP) is 2.21. The molecule has 2 aromatic carbocycles. The average Bonchev–Trinajstić information content (AvgIpc) is 2.87. The van der Waals surface area contributed by atoms with E-state index in [-0.39, 0.29) is 25.9 Å². The number of nitrogens with zero attached hydrogens (tertiary/aromatic N) is 4. The predicted molar refractivity (Wildman–Crippen MR) is 123 cm³/mol. The molecule has 1 aromatic heterocycles. The van der Waals surface area contributed by atoms with Gasteiger partial charge in [-0.3, -0.25) is 0 Å². The Labute approximate surface area is 192 Å². The van der Waals surface area contributed by atoms with Crippen molar-refractivity contribution in [3.63, 3.8) is 0 Å². The van der Waals surface area contributed by atoms with Crippen LogP contribution in [0.4, 0.5) is 10.7 Å². The Kier molecular flexibility index (Phi) is 7.54. The number of benzene rings is 2. The summed E-state index contributed by atoms with van der Waals surface area (Å²) in [4.78, 5) is 25.4. The molecule has 1 fully saturated rings. The van der Waals surface area contributed by atoms with Gasteiger partial charge < -0.3 is 29.5 Å². The van der Waals surface area contributed by atoms with Crippen molar-refractivity contribution in [3.8, 4) is 5.88 Å². The molecule has 0 saturated carbocycles. The minimum absolute atomic E-state index is 0.225. The summed E-state index contributed by atoms with van der Waals surface area (Å²) in [7, 11) is 0. The van der Waals surface area contributed by atoms with Gasteiger partial charge in [-0.05, 0) is 17.7 Å². The van der Waals surface area contributed by atoms with Crippen LogP contribution in [0.2, 0.25) is 0 Å². The number of piperazine rings is 1. The van der Waals surface area contributed by atoms with E-state index in [2.05, 4.69) is 9.97 Å². The van der Waals surface area contributed by atoms with E-state index in [9.17, 15) is 9.90 Å². The van der Waals surface area contributed by atoms with E-state index in [4.69, 9.17) is 14.6 Å². The van der Waals surface area contributed by atoms with Crippen LogP contribution < -0.4 is 9.64 Å². The van der Waals surface area contributed by atoms with Crippen molar-refractivity contribution in [2.24, 2.45) is 0 Å². The number of anilines is 1. The van der Waals surface area contributed by atoms with E-state index in [1.165, 1.54) is 0 Å². The number of hydrogen-bond acceptors (Lipinski definition) is 8. The number of amides is 1. The summed E-state index contributed by atoms with van der Waals surface area (Å²) in [5.74, 6) is 0.967. The van der Waals surface area contributed by atoms with E-state index in [1.54, 1.807) is 4.90 Å². The smallest absolute Gasteiger partial charge is 0.410 e. The van der Waals surface area contributed by atoms with Gasteiger partial charge in [0.05, 0.1) is 30.2 Å². The standard InChI is InChI=1S/C24H28N4O5/c29-16-19(30)10-15-32-22-20-8-4-5-9-21(20)25-23(26-22)27-11-13-28(14-12-27)24(31)33-17-18-6-2-1-3-7-18/h1-9,19,29-30H,10-17H2/t19-/m1/s1. The Balaban J connectivity index is 1.38. The Morgan fingerprint density at radius 2 is 1.73 bits per heavy atom. The number of rotatable bonds is 8. The Hall–Kier alpha value is -3.43. The molecule has 174 valence electrons. The quantitative estimate of drug-likeness (QED) is 0.536. The van der Waals surface area contributed by atoms with Gasteiger partial charge in [0.15, 0.2) is 0 Å². The summed E-state index contributed by atoms with van der Waals surface area (Å²) in [5.41, 5.74) is 1.71. The molecule has 2 heterocycles. The first-order valence-electron chi connectivity index (χ1n) is 11.0. The minimum atomic E-state index is -0.827. The topological polar surface area (TPSA) is 108 Å².